The summed E-state index contributed by atoms with van der Waals surface area (Å²) >= 11 is 19.1. The van der Waals surface area contributed by atoms with E-state index in [1.165, 1.54) is 11.3 Å². The molecule has 0 spiro atoms. The third kappa shape index (κ3) is 3.75. The lowest BCUT2D eigenvalue weighted by Gasteiger charge is -2.05. The molecule has 0 atom stereocenters. The summed E-state index contributed by atoms with van der Waals surface area (Å²) < 4.78 is 0. The van der Waals surface area contributed by atoms with Crippen molar-refractivity contribution in [2.24, 2.45) is 0 Å². The van der Waals surface area contributed by atoms with E-state index in [2.05, 4.69) is 10.3 Å². The molecular formula is C11H9Cl3N2S. The van der Waals surface area contributed by atoms with Gasteiger partial charge in [0.25, 0.3) is 0 Å². The Kier molecular flexibility index (Phi) is 4.51. The standard InChI is InChI=1S/C11H9Cl3N2S/c12-8-2-1-7(9(13)5-8)3-4-15-11-16-10(14)6-17-11/h1-2,5-6H,3-4H2,(H,15,16). The summed E-state index contributed by atoms with van der Waals surface area (Å²) in [6, 6.07) is 5.52. The summed E-state index contributed by atoms with van der Waals surface area (Å²) in [5.41, 5.74) is 1.06. The highest BCUT2D eigenvalue weighted by atomic mass is 35.5. The maximum atomic E-state index is 6.07. The highest BCUT2D eigenvalue weighted by molar-refractivity contribution is 7.14. The molecular weight excluding hydrogens is 299 g/mol. The fourth-order valence-electron chi connectivity index (χ4n) is 1.36. The van der Waals surface area contributed by atoms with Crippen molar-refractivity contribution in [1.82, 2.24) is 4.98 Å². The summed E-state index contributed by atoms with van der Waals surface area (Å²) in [5.74, 6) is 0. The van der Waals surface area contributed by atoms with Crippen LogP contribution in [-0.2, 0) is 6.42 Å². The lowest BCUT2D eigenvalue weighted by atomic mass is 10.1. The van der Waals surface area contributed by atoms with Gasteiger partial charge in [-0.2, -0.15) is 0 Å². The Labute approximate surface area is 119 Å². The maximum Gasteiger partial charge on any atom is 0.184 e. The van der Waals surface area contributed by atoms with E-state index in [1.54, 1.807) is 11.4 Å². The fraction of sp³-hybridized carbons (Fsp3) is 0.182. The van der Waals surface area contributed by atoms with Crippen molar-refractivity contribution in [2.75, 3.05) is 11.9 Å². The van der Waals surface area contributed by atoms with Crippen molar-refractivity contribution >= 4 is 51.3 Å². The molecule has 0 aliphatic rings. The molecule has 17 heavy (non-hydrogen) atoms. The van der Waals surface area contributed by atoms with Gasteiger partial charge in [0.05, 0.1) is 0 Å². The zero-order chi connectivity index (χ0) is 12.3. The molecule has 2 rings (SSSR count). The molecule has 1 heterocycles. The lowest BCUT2D eigenvalue weighted by Crippen LogP contribution is -2.04. The average molecular weight is 308 g/mol. The summed E-state index contributed by atoms with van der Waals surface area (Å²) in [6.07, 6.45) is 0.813. The van der Waals surface area contributed by atoms with E-state index in [9.17, 15) is 0 Å². The molecule has 0 fully saturated rings. The van der Waals surface area contributed by atoms with E-state index in [0.717, 1.165) is 23.7 Å². The first-order valence-electron chi connectivity index (χ1n) is 4.94. The van der Waals surface area contributed by atoms with Crippen LogP contribution in [0.1, 0.15) is 5.56 Å². The molecule has 2 aromatic rings. The van der Waals surface area contributed by atoms with E-state index >= 15 is 0 Å². The Balaban J connectivity index is 1.90. The summed E-state index contributed by atoms with van der Waals surface area (Å²) in [5, 5.41) is 7.66. The predicted octanol–water partition coefficient (Wildman–Crippen LogP) is 4.76. The van der Waals surface area contributed by atoms with Crippen molar-refractivity contribution in [2.45, 2.75) is 6.42 Å². The minimum Gasteiger partial charge on any atom is -0.361 e. The summed E-state index contributed by atoms with van der Waals surface area (Å²) in [4.78, 5) is 4.10. The van der Waals surface area contributed by atoms with E-state index in [1.807, 2.05) is 12.1 Å². The van der Waals surface area contributed by atoms with Crippen LogP contribution in [0, 0.1) is 0 Å². The fourth-order valence-corrected chi connectivity index (χ4v) is 2.73. The quantitative estimate of drug-likeness (QED) is 0.881. The average Bonchev–Trinajstić information content (AvgIpc) is 2.68. The molecule has 0 bridgehead atoms. The monoisotopic (exact) mass is 306 g/mol. The van der Waals surface area contributed by atoms with Gasteiger partial charge in [-0.15, -0.1) is 11.3 Å². The van der Waals surface area contributed by atoms with Gasteiger partial charge in [-0.05, 0) is 24.1 Å². The number of hydrogen-bond acceptors (Lipinski definition) is 3. The number of anilines is 1. The van der Waals surface area contributed by atoms with Crippen LogP contribution in [0.2, 0.25) is 15.2 Å². The highest BCUT2D eigenvalue weighted by Crippen LogP contribution is 2.22. The van der Waals surface area contributed by atoms with Crippen LogP contribution in [0.15, 0.2) is 23.6 Å². The Hall–Kier alpha value is -0.480. The topological polar surface area (TPSA) is 24.9 Å². The van der Waals surface area contributed by atoms with Gasteiger partial charge in [0, 0.05) is 22.0 Å². The van der Waals surface area contributed by atoms with Gasteiger partial charge in [-0.25, -0.2) is 4.98 Å². The van der Waals surface area contributed by atoms with Crippen molar-refractivity contribution in [1.29, 1.82) is 0 Å². The Morgan fingerprint density at radius 3 is 2.71 bits per heavy atom. The van der Waals surface area contributed by atoms with Gasteiger partial charge >= 0.3 is 0 Å². The van der Waals surface area contributed by atoms with Crippen LogP contribution in [0.5, 0.6) is 0 Å². The van der Waals surface area contributed by atoms with E-state index < -0.39 is 0 Å². The van der Waals surface area contributed by atoms with Crippen molar-refractivity contribution < 1.29 is 0 Å². The number of nitrogens with one attached hydrogen (secondary N) is 1. The molecule has 6 heteroatoms. The molecule has 1 N–H and O–H groups in total. The number of halogens is 3. The third-order valence-corrected chi connectivity index (χ3v) is 3.87. The molecule has 90 valence electrons. The highest BCUT2D eigenvalue weighted by Gasteiger charge is 2.02. The first kappa shape index (κ1) is 13.0. The number of aromatic nitrogens is 1. The molecule has 1 aromatic heterocycles. The van der Waals surface area contributed by atoms with Crippen LogP contribution >= 0.6 is 46.1 Å². The van der Waals surface area contributed by atoms with E-state index in [-0.39, 0.29) is 0 Å². The van der Waals surface area contributed by atoms with Crippen LogP contribution < -0.4 is 5.32 Å². The van der Waals surface area contributed by atoms with Crippen molar-refractivity contribution in [3.63, 3.8) is 0 Å². The number of hydrogen-bond donors (Lipinski definition) is 1. The molecule has 0 amide bonds. The predicted molar refractivity (Wildman–Crippen MR) is 75.8 cm³/mol. The second kappa shape index (κ2) is 5.91. The maximum absolute atomic E-state index is 6.07. The third-order valence-electron chi connectivity index (χ3n) is 2.16. The lowest BCUT2D eigenvalue weighted by molar-refractivity contribution is 1.02. The zero-order valence-electron chi connectivity index (χ0n) is 8.71. The largest absolute Gasteiger partial charge is 0.361 e. The Morgan fingerprint density at radius 1 is 1.24 bits per heavy atom. The summed E-state index contributed by atoms with van der Waals surface area (Å²) in [6.45, 7) is 0.755. The van der Waals surface area contributed by atoms with E-state index in [0.29, 0.717) is 15.2 Å². The van der Waals surface area contributed by atoms with E-state index in [4.69, 9.17) is 34.8 Å². The van der Waals surface area contributed by atoms with Gasteiger partial charge in [-0.3, -0.25) is 0 Å². The number of rotatable bonds is 4. The molecule has 0 radical (unpaired) electrons. The molecule has 0 unspecified atom stereocenters. The Bertz CT molecular complexity index is 513. The first-order chi connectivity index (χ1) is 8.15. The van der Waals surface area contributed by atoms with Crippen LogP contribution in [0.3, 0.4) is 0 Å². The van der Waals surface area contributed by atoms with Crippen LogP contribution in [0.25, 0.3) is 0 Å². The number of thiazole rings is 1. The molecule has 0 saturated carbocycles. The van der Waals surface area contributed by atoms with Crippen LogP contribution in [-0.4, -0.2) is 11.5 Å². The minimum atomic E-state index is 0.516. The Morgan fingerprint density at radius 2 is 2.06 bits per heavy atom. The van der Waals surface area contributed by atoms with Crippen molar-refractivity contribution in [3.8, 4) is 0 Å². The zero-order valence-corrected chi connectivity index (χ0v) is 11.8. The van der Waals surface area contributed by atoms with Gasteiger partial charge in [-0.1, -0.05) is 40.9 Å². The molecule has 0 aliphatic carbocycles. The second-order valence-electron chi connectivity index (χ2n) is 3.39. The number of nitrogens with zero attached hydrogens (tertiary/aromatic N) is 1. The van der Waals surface area contributed by atoms with Gasteiger partial charge < -0.3 is 5.32 Å². The minimum absolute atomic E-state index is 0.516. The van der Waals surface area contributed by atoms with Crippen molar-refractivity contribution in [3.05, 3.63) is 44.3 Å². The first-order valence-corrected chi connectivity index (χ1v) is 6.95. The SMILES string of the molecule is Clc1ccc(CCNc2nc(Cl)cs2)c(Cl)c1. The van der Waals surface area contributed by atoms with Gasteiger partial charge in [0.1, 0.15) is 5.15 Å². The normalized spacial score (nSPS) is 10.5. The molecule has 0 saturated heterocycles. The number of benzene rings is 1. The molecule has 0 aliphatic heterocycles. The van der Waals surface area contributed by atoms with Gasteiger partial charge in [0.2, 0.25) is 0 Å². The molecule has 2 nitrogen and oxygen atoms in total. The van der Waals surface area contributed by atoms with Gasteiger partial charge in [0.15, 0.2) is 5.13 Å². The smallest absolute Gasteiger partial charge is 0.184 e. The second-order valence-corrected chi connectivity index (χ2v) is 5.48. The van der Waals surface area contributed by atoms with Crippen LogP contribution in [0.4, 0.5) is 5.13 Å². The summed E-state index contributed by atoms with van der Waals surface area (Å²) in [7, 11) is 0. The molecule has 1 aromatic carbocycles.